The average molecular weight is 357 g/mol. The quantitative estimate of drug-likeness (QED) is 0.733. The van der Waals surface area contributed by atoms with Crippen molar-refractivity contribution in [2.24, 2.45) is 0 Å². The highest BCUT2D eigenvalue weighted by Crippen LogP contribution is 2.35. The third-order valence-electron chi connectivity index (χ3n) is 5.18. The van der Waals surface area contributed by atoms with Crippen LogP contribution in [0.25, 0.3) is 0 Å². The van der Waals surface area contributed by atoms with Crippen LogP contribution in [0.5, 0.6) is 11.5 Å². The van der Waals surface area contributed by atoms with E-state index in [1.54, 1.807) is 0 Å². The van der Waals surface area contributed by atoms with E-state index in [-0.39, 0.29) is 0 Å². The summed E-state index contributed by atoms with van der Waals surface area (Å²) < 4.78 is 11.0. The van der Waals surface area contributed by atoms with E-state index < -0.39 is 0 Å². The number of hydrogen-bond acceptors (Lipinski definition) is 5. The van der Waals surface area contributed by atoms with Gasteiger partial charge < -0.3 is 25.0 Å². The van der Waals surface area contributed by atoms with Gasteiger partial charge in [0.2, 0.25) is 6.79 Å². The Morgan fingerprint density at radius 3 is 2.96 bits per heavy atom. The molecule has 5 heteroatoms. The number of piperidine rings is 1. The number of likely N-dealkylation sites (tertiary alicyclic amines) is 1. The number of hydrogen-bond donors (Lipinski definition) is 2. The lowest BCUT2D eigenvalue weighted by molar-refractivity contribution is 0.173. The Balaban J connectivity index is 1.60. The van der Waals surface area contributed by atoms with Gasteiger partial charge in [0.05, 0.1) is 0 Å². The molecule has 1 fully saturated rings. The Bertz CT molecular complexity index is 669. The fraction of sp³-hybridized carbons (Fsp3) is 0.524. The number of nitrogens with one attached hydrogen (secondary N) is 2. The largest absolute Gasteiger partial charge is 0.454 e. The molecule has 1 aromatic carbocycles. The van der Waals surface area contributed by atoms with Crippen LogP contribution in [0.2, 0.25) is 0 Å². The molecule has 2 heterocycles. The predicted octanol–water partition coefficient (Wildman–Crippen LogP) is 3.39. The van der Waals surface area contributed by atoms with Crippen LogP contribution in [0, 0.1) is 0 Å². The molecule has 0 bridgehead atoms. The van der Waals surface area contributed by atoms with Gasteiger partial charge in [0.15, 0.2) is 11.5 Å². The number of fused-ring (bicyclic) bond motifs is 1. The zero-order chi connectivity index (χ0) is 18.4. The SMILES string of the molecule is C/C=C(\C=C(/NC)N1CCCCC1C)CNCc1cccc2c1OCO2. The molecule has 2 aliphatic heterocycles. The summed E-state index contributed by atoms with van der Waals surface area (Å²) in [6.07, 6.45) is 8.31. The minimum atomic E-state index is 0.314. The van der Waals surface area contributed by atoms with Crippen molar-refractivity contribution < 1.29 is 9.47 Å². The first-order valence-corrected chi connectivity index (χ1v) is 9.62. The summed E-state index contributed by atoms with van der Waals surface area (Å²) in [7, 11) is 2.01. The summed E-state index contributed by atoms with van der Waals surface area (Å²) in [4.78, 5) is 2.49. The fourth-order valence-corrected chi connectivity index (χ4v) is 3.64. The van der Waals surface area contributed by atoms with Gasteiger partial charge in [-0.2, -0.15) is 0 Å². The van der Waals surface area contributed by atoms with Gasteiger partial charge in [0.25, 0.3) is 0 Å². The number of ether oxygens (including phenoxy) is 2. The molecule has 5 nitrogen and oxygen atoms in total. The molecule has 3 rings (SSSR count). The molecule has 142 valence electrons. The van der Waals surface area contributed by atoms with Gasteiger partial charge in [0, 0.05) is 38.3 Å². The summed E-state index contributed by atoms with van der Waals surface area (Å²) in [5, 5.41) is 6.92. The Morgan fingerprint density at radius 1 is 1.31 bits per heavy atom. The van der Waals surface area contributed by atoms with Crippen LogP contribution in [0.3, 0.4) is 0 Å². The van der Waals surface area contributed by atoms with Gasteiger partial charge in [-0.15, -0.1) is 0 Å². The van der Waals surface area contributed by atoms with Crippen molar-refractivity contribution >= 4 is 0 Å². The van der Waals surface area contributed by atoms with E-state index in [1.165, 1.54) is 30.7 Å². The van der Waals surface area contributed by atoms with E-state index in [0.29, 0.717) is 12.8 Å². The summed E-state index contributed by atoms with van der Waals surface area (Å²) in [6.45, 7) is 7.43. The second-order valence-corrected chi connectivity index (χ2v) is 6.94. The summed E-state index contributed by atoms with van der Waals surface area (Å²) in [6, 6.07) is 6.64. The first kappa shape index (κ1) is 18.6. The number of nitrogens with zero attached hydrogens (tertiary/aromatic N) is 1. The third-order valence-corrected chi connectivity index (χ3v) is 5.18. The Kier molecular flexibility index (Phi) is 6.45. The number of benzene rings is 1. The average Bonchev–Trinajstić information content (AvgIpc) is 3.15. The number of para-hydroxylation sites is 1. The molecular weight excluding hydrogens is 326 g/mol. The van der Waals surface area contributed by atoms with Crippen LogP contribution in [0.1, 0.15) is 38.7 Å². The predicted molar refractivity (Wildman–Crippen MR) is 105 cm³/mol. The Morgan fingerprint density at radius 2 is 2.19 bits per heavy atom. The molecule has 0 spiro atoms. The molecule has 0 saturated carbocycles. The summed E-state index contributed by atoms with van der Waals surface area (Å²) >= 11 is 0. The van der Waals surface area contributed by atoms with E-state index in [0.717, 1.165) is 36.7 Å². The van der Waals surface area contributed by atoms with Gasteiger partial charge in [-0.25, -0.2) is 0 Å². The van der Waals surface area contributed by atoms with Crippen LogP contribution in [-0.4, -0.2) is 37.9 Å². The van der Waals surface area contributed by atoms with E-state index in [1.807, 2.05) is 19.2 Å². The molecule has 1 saturated heterocycles. The van der Waals surface area contributed by atoms with Crippen LogP contribution >= 0.6 is 0 Å². The van der Waals surface area contributed by atoms with Crippen LogP contribution in [0.4, 0.5) is 0 Å². The number of rotatable bonds is 7. The normalized spacial score (nSPS) is 20.4. The standard InChI is InChI=1S/C21H31N3O2/c1-4-17(12-20(22-3)24-11-6-5-8-16(24)2)13-23-14-18-9-7-10-19-21(18)26-15-25-19/h4,7,9-10,12,16,22-23H,5-6,8,11,13-15H2,1-3H3/b17-4+,20-12+. The van der Waals surface area contributed by atoms with Gasteiger partial charge in [0.1, 0.15) is 5.82 Å². The lowest BCUT2D eigenvalue weighted by Crippen LogP contribution is -2.40. The second-order valence-electron chi connectivity index (χ2n) is 6.94. The lowest BCUT2D eigenvalue weighted by atomic mass is 10.0. The molecule has 1 unspecified atom stereocenters. The van der Waals surface area contributed by atoms with Crippen LogP contribution < -0.4 is 20.1 Å². The highest BCUT2D eigenvalue weighted by Gasteiger charge is 2.20. The van der Waals surface area contributed by atoms with Gasteiger partial charge in [-0.05, 0) is 50.8 Å². The topological polar surface area (TPSA) is 45.8 Å². The van der Waals surface area contributed by atoms with E-state index in [2.05, 4.69) is 47.6 Å². The highest BCUT2D eigenvalue weighted by atomic mass is 16.7. The third kappa shape index (κ3) is 4.33. The molecule has 0 amide bonds. The van der Waals surface area contributed by atoms with Crippen LogP contribution in [0.15, 0.2) is 41.7 Å². The second kappa shape index (κ2) is 8.99. The van der Waals surface area contributed by atoms with Crippen molar-refractivity contribution in [1.29, 1.82) is 0 Å². The van der Waals surface area contributed by atoms with Crippen molar-refractivity contribution in [3.05, 3.63) is 47.3 Å². The van der Waals surface area contributed by atoms with E-state index in [4.69, 9.17) is 9.47 Å². The molecule has 2 aliphatic rings. The molecular formula is C21H31N3O2. The molecule has 1 aromatic rings. The zero-order valence-electron chi connectivity index (χ0n) is 16.2. The lowest BCUT2D eigenvalue weighted by Gasteiger charge is -2.37. The smallest absolute Gasteiger partial charge is 0.231 e. The summed E-state index contributed by atoms with van der Waals surface area (Å²) in [5.74, 6) is 2.92. The Labute approximate surface area is 157 Å². The molecule has 1 atom stereocenters. The monoisotopic (exact) mass is 357 g/mol. The molecule has 0 radical (unpaired) electrons. The van der Waals surface area contributed by atoms with Gasteiger partial charge in [-0.3, -0.25) is 0 Å². The van der Waals surface area contributed by atoms with Crippen molar-refractivity contribution in [2.45, 2.75) is 45.7 Å². The molecule has 2 N–H and O–H groups in total. The van der Waals surface area contributed by atoms with Crippen molar-refractivity contribution in [2.75, 3.05) is 26.9 Å². The molecule has 26 heavy (non-hydrogen) atoms. The molecule has 0 aliphatic carbocycles. The first-order chi connectivity index (χ1) is 12.7. The first-order valence-electron chi connectivity index (χ1n) is 9.62. The minimum Gasteiger partial charge on any atom is -0.454 e. The number of allylic oxidation sites excluding steroid dienone is 1. The van der Waals surface area contributed by atoms with Gasteiger partial charge in [-0.1, -0.05) is 18.2 Å². The van der Waals surface area contributed by atoms with Crippen LogP contribution in [-0.2, 0) is 6.54 Å². The zero-order valence-corrected chi connectivity index (χ0v) is 16.2. The minimum absolute atomic E-state index is 0.314. The maximum absolute atomic E-state index is 5.58. The van der Waals surface area contributed by atoms with Crippen molar-refractivity contribution in [3.63, 3.8) is 0 Å². The van der Waals surface area contributed by atoms with E-state index >= 15 is 0 Å². The fourth-order valence-electron chi connectivity index (χ4n) is 3.64. The highest BCUT2D eigenvalue weighted by molar-refractivity contribution is 5.48. The maximum atomic E-state index is 5.58. The van der Waals surface area contributed by atoms with Gasteiger partial charge >= 0.3 is 0 Å². The summed E-state index contributed by atoms with van der Waals surface area (Å²) in [5.41, 5.74) is 2.41. The van der Waals surface area contributed by atoms with Crippen molar-refractivity contribution in [1.82, 2.24) is 15.5 Å². The van der Waals surface area contributed by atoms with Crippen molar-refractivity contribution in [3.8, 4) is 11.5 Å². The Hall–Kier alpha value is -2.14. The maximum Gasteiger partial charge on any atom is 0.231 e. The van der Waals surface area contributed by atoms with E-state index in [9.17, 15) is 0 Å². The molecule has 0 aromatic heterocycles.